The standard InChI is InChI=1S/C16H18N4O2/c1-13(21)17-15-3-7-19(8-4-15)11-12-20-9-5-16(6-10-20)18-14(2)22/h3-10H,11-12H2,1-2H3/p+2. The Bertz CT molecular complexity index is 591. The van der Waals surface area contributed by atoms with Crippen LogP contribution in [-0.2, 0) is 22.7 Å². The zero-order valence-electron chi connectivity index (χ0n) is 12.7. The number of aromatic nitrogens is 2. The van der Waals surface area contributed by atoms with E-state index in [4.69, 9.17) is 0 Å². The number of hydrogen-bond acceptors (Lipinski definition) is 2. The minimum absolute atomic E-state index is 0.0763. The third-order valence-corrected chi connectivity index (χ3v) is 3.04. The van der Waals surface area contributed by atoms with E-state index in [2.05, 4.69) is 10.6 Å². The van der Waals surface area contributed by atoms with Gasteiger partial charge in [0.2, 0.25) is 24.9 Å². The summed E-state index contributed by atoms with van der Waals surface area (Å²) >= 11 is 0. The van der Waals surface area contributed by atoms with Crippen molar-refractivity contribution in [3.63, 3.8) is 0 Å². The lowest BCUT2D eigenvalue weighted by Gasteiger charge is -2.01. The largest absolute Gasteiger partial charge is 0.326 e. The third kappa shape index (κ3) is 4.97. The van der Waals surface area contributed by atoms with Crippen LogP contribution in [0.1, 0.15) is 13.8 Å². The lowest BCUT2D eigenvalue weighted by molar-refractivity contribution is -0.778. The van der Waals surface area contributed by atoms with Crippen molar-refractivity contribution in [1.82, 2.24) is 0 Å². The Kier molecular flexibility index (Phi) is 5.19. The quantitative estimate of drug-likeness (QED) is 0.805. The van der Waals surface area contributed by atoms with Gasteiger partial charge in [-0.15, -0.1) is 0 Å². The van der Waals surface area contributed by atoms with E-state index >= 15 is 0 Å². The number of carbonyl (C=O) groups excluding carboxylic acids is 2. The molecule has 0 aliphatic carbocycles. The highest BCUT2D eigenvalue weighted by Crippen LogP contribution is 2.02. The Hall–Kier alpha value is -2.76. The molecule has 0 fully saturated rings. The topological polar surface area (TPSA) is 66.0 Å². The van der Waals surface area contributed by atoms with E-state index in [9.17, 15) is 9.59 Å². The molecule has 0 bridgehead atoms. The van der Waals surface area contributed by atoms with Gasteiger partial charge in [0.1, 0.15) is 0 Å². The molecule has 0 unspecified atom stereocenters. The van der Waals surface area contributed by atoms with Crippen LogP contribution in [0.5, 0.6) is 0 Å². The number of amides is 2. The second-order valence-electron chi connectivity index (χ2n) is 5.01. The number of aryl methyl sites for hydroxylation is 2. The van der Waals surface area contributed by atoms with E-state index in [-0.39, 0.29) is 11.8 Å². The van der Waals surface area contributed by atoms with Gasteiger partial charge in [0.15, 0.2) is 24.8 Å². The average molecular weight is 300 g/mol. The Balaban J connectivity index is 1.89. The molecule has 2 aromatic rings. The van der Waals surface area contributed by atoms with Gasteiger partial charge in [-0.05, 0) is 0 Å². The number of rotatable bonds is 5. The smallest absolute Gasteiger partial charge is 0.221 e. The van der Waals surface area contributed by atoms with Crippen LogP contribution >= 0.6 is 0 Å². The molecular formula is C16H20N4O2+2. The van der Waals surface area contributed by atoms with Crippen molar-refractivity contribution >= 4 is 23.2 Å². The van der Waals surface area contributed by atoms with Crippen molar-refractivity contribution < 1.29 is 18.7 Å². The molecule has 0 aliphatic heterocycles. The summed E-state index contributed by atoms with van der Waals surface area (Å²) in [5, 5.41) is 5.47. The van der Waals surface area contributed by atoms with E-state index in [0.29, 0.717) is 0 Å². The van der Waals surface area contributed by atoms with E-state index in [1.54, 1.807) is 0 Å². The van der Waals surface area contributed by atoms with Crippen LogP contribution < -0.4 is 19.8 Å². The highest BCUT2D eigenvalue weighted by atomic mass is 16.2. The Morgan fingerprint density at radius 1 is 0.773 bits per heavy atom. The first-order chi connectivity index (χ1) is 10.5. The first kappa shape index (κ1) is 15.6. The van der Waals surface area contributed by atoms with Crippen LogP contribution in [-0.4, -0.2) is 11.8 Å². The lowest BCUT2D eigenvalue weighted by atomic mass is 10.3. The first-order valence-electron chi connectivity index (χ1n) is 7.06. The number of nitrogens with one attached hydrogen (secondary N) is 2. The van der Waals surface area contributed by atoms with Gasteiger partial charge in [0.05, 0.1) is 11.4 Å². The van der Waals surface area contributed by atoms with Gasteiger partial charge in [0.25, 0.3) is 0 Å². The van der Waals surface area contributed by atoms with Gasteiger partial charge in [-0.1, -0.05) is 0 Å². The number of hydrogen-bond donors (Lipinski definition) is 2. The van der Waals surface area contributed by atoms with Crippen molar-refractivity contribution in [3.05, 3.63) is 49.1 Å². The molecule has 0 atom stereocenters. The summed E-state index contributed by atoms with van der Waals surface area (Å²) in [6.07, 6.45) is 7.71. The molecule has 6 heteroatoms. The molecular weight excluding hydrogens is 280 g/mol. The van der Waals surface area contributed by atoms with Crippen LogP contribution in [0.2, 0.25) is 0 Å². The summed E-state index contributed by atoms with van der Waals surface area (Å²) in [5.74, 6) is -0.153. The van der Waals surface area contributed by atoms with Crippen molar-refractivity contribution in [2.75, 3.05) is 10.6 Å². The number of nitrogens with zero attached hydrogens (tertiary/aromatic N) is 2. The second kappa shape index (κ2) is 7.31. The lowest BCUT2D eigenvalue weighted by Crippen LogP contribution is -2.43. The normalized spacial score (nSPS) is 10.1. The molecule has 2 heterocycles. The maximum absolute atomic E-state index is 11.0. The summed E-state index contributed by atoms with van der Waals surface area (Å²) in [6, 6.07) is 7.47. The molecule has 6 nitrogen and oxygen atoms in total. The van der Waals surface area contributed by atoms with Crippen LogP contribution in [0.15, 0.2) is 49.1 Å². The van der Waals surface area contributed by atoms with Crippen molar-refractivity contribution in [3.8, 4) is 0 Å². The maximum Gasteiger partial charge on any atom is 0.221 e. The fourth-order valence-electron chi connectivity index (χ4n) is 2.02. The maximum atomic E-state index is 11.0. The van der Waals surface area contributed by atoms with E-state index in [0.717, 1.165) is 24.5 Å². The summed E-state index contributed by atoms with van der Waals surface area (Å²) in [5.41, 5.74) is 1.58. The van der Waals surface area contributed by atoms with Gasteiger partial charge in [0, 0.05) is 38.1 Å². The molecule has 0 saturated carbocycles. The molecule has 2 amide bonds. The number of anilines is 2. The molecule has 0 spiro atoms. The summed E-state index contributed by atoms with van der Waals surface area (Å²) in [6.45, 7) is 4.60. The monoisotopic (exact) mass is 300 g/mol. The second-order valence-corrected chi connectivity index (χ2v) is 5.01. The minimum Gasteiger partial charge on any atom is -0.326 e. The number of pyridine rings is 2. The number of carbonyl (C=O) groups is 2. The molecule has 0 aliphatic rings. The average Bonchev–Trinajstić information content (AvgIpc) is 2.47. The van der Waals surface area contributed by atoms with E-state index in [1.165, 1.54) is 13.8 Å². The molecule has 0 saturated heterocycles. The zero-order valence-corrected chi connectivity index (χ0v) is 12.7. The van der Waals surface area contributed by atoms with Crippen LogP contribution in [0, 0.1) is 0 Å². The molecule has 2 aromatic heterocycles. The fraction of sp³-hybridized carbons (Fsp3) is 0.250. The predicted octanol–water partition coefficient (Wildman–Crippen LogP) is 0.879. The highest BCUT2D eigenvalue weighted by Gasteiger charge is 2.07. The van der Waals surface area contributed by atoms with Crippen LogP contribution in [0.4, 0.5) is 11.4 Å². The molecule has 2 rings (SSSR count). The predicted molar refractivity (Wildman–Crippen MR) is 81.9 cm³/mol. The molecule has 2 N–H and O–H groups in total. The Morgan fingerprint density at radius 3 is 1.36 bits per heavy atom. The summed E-state index contributed by atoms with van der Waals surface area (Å²) in [4.78, 5) is 21.9. The van der Waals surface area contributed by atoms with Gasteiger partial charge in [-0.3, -0.25) is 9.59 Å². The van der Waals surface area contributed by atoms with Crippen molar-refractivity contribution in [2.24, 2.45) is 0 Å². The molecule has 22 heavy (non-hydrogen) atoms. The Labute approximate surface area is 129 Å². The molecule has 0 aromatic carbocycles. The highest BCUT2D eigenvalue weighted by molar-refractivity contribution is 5.88. The SMILES string of the molecule is CC(=O)Nc1cc[n+](CC[n+]2ccc(NC(C)=O)cc2)cc1. The first-order valence-corrected chi connectivity index (χ1v) is 7.06. The molecule has 114 valence electrons. The minimum atomic E-state index is -0.0763. The van der Waals surface area contributed by atoms with Gasteiger partial charge in [-0.25, -0.2) is 0 Å². The van der Waals surface area contributed by atoms with Crippen LogP contribution in [0.3, 0.4) is 0 Å². The Morgan fingerprint density at radius 2 is 1.09 bits per heavy atom. The summed E-state index contributed by atoms with van der Waals surface area (Å²) in [7, 11) is 0. The van der Waals surface area contributed by atoms with Gasteiger partial charge >= 0.3 is 0 Å². The van der Waals surface area contributed by atoms with Crippen molar-refractivity contribution in [2.45, 2.75) is 26.9 Å². The van der Waals surface area contributed by atoms with Gasteiger partial charge in [-0.2, -0.15) is 9.13 Å². The van der Waals surface area contributed by atoms with E-state index in [1.807, 2.05) is 58.2 Å². The van der Waals surface area contributed by atoms with Crippen molar-refractivity contribution in [1.29, 1.82) is 0 Å². The van der Waals surface area contributed by atoms with Crippen LogP contribution in [0.25, 0.3) is 0 Å². The zero-order chi connectivity index (χ0) is 15.9. The van der Waals surface area contributed by atoms with E-state index < -0.39 is 0 Å². The fourth-order valence-corrected chi connectivity index (χ4v) is 2.02. The summed E-state index contributed by atoms with van der Waals surface area (Å²) < 4.78 is 4.08. The van der Waals surface area contributed by atoms with Gasteiger partial charge < -0.3 is 10.6 Å². The third-order valence-electron chi connectivity index (χ3n) is 3.04. The molecule has 0 radical (unpaired) electrons.